The molecule has 0 aliphatic rings. The molecular formula is C19H13N3O4S. The van der Waals surface area contributed by atoms with Crippen molar-refractivity contribution >= 4 is 34.7 Å². The lowest BCUT2D eigenvalue weighted by molar-refractivity contribution is 0.102. The number of rotatable bonds is 4. The third-order valence-electron chi connectivity index (χ3n) is 3.85. The van der Waals surface area contributed by atoms with Crippen molar-refractivity contribution in [3.05, 3.63) is 70.6 Å². The minimum absolute atomic E-state index is 0.0999. The molecule has 134 valence electrons. The van der Waals surface area contributed by atoms with Crippen molar-refractivity contribution in [3.8, 4) is 11.5 Å². The second kappa shape index (κ2) is 7.08. The maximum atomic E-state index is 12.4. The van der Waals surface area contributed by atoms with Crippen LogP contribution in [-0.2, 0) is 0 Å². The van der Waals surface area contributed by atoms with Crippen molar-refractivity contribution in [3.63, 3.8) is 0 Å². The maximum Gasteiger partial charge on any atom is 0.349 e. The van der Waals surface area contributed by atoms with Crippen molar-refractivity contribution in [1.29, 1.82) is 0 Å². The van der Waals surface area contributed by atoms with E-state index in [1.807, 2.05) is 30.5 Å². The van der Waals surface area contributed by atoms with Gasteiger partial charge in [-0.2, -0.15) is 0 Å². The molecule has 0 aliphatic carbocycles. The topological polar surface area (TPSA) is 98.2 Å². The summed E-state index contributed by atoms with van der Waals surface area (Å²) in [6.45, 7) is 0. The quantitative estimate of drug-likeness (QED) is 0.425. The van der Waals surface area contributed by atoms with Gasteiger partial charge < -0.3 is 8.83 Å². The highest BCUT2D eigenvalue weighted by Crippen LogP contribution is 2.24. The van der Waals surface area contributed by atoms with Crippen LogP contribution >= 0.6 is 11.8 Å². The number of para-hydroxylation sites is 1. The molecule has 2 heterocycles. The summed E-state index contributed by atoms with van der Waals surface area (Å²) in [4.78, 5) is 25.5. The van der Waals surface area contributed by atoms with Gasteiger partial charge in [-0.1, -0.05) is 29.4 Å². The summed E-state index contributed by atoms with van der Waals surface area (Å²) in [6, 6.07) is 15.9. The molecule has 0 radical (unpaired) electrons. The van der Waals surface area contributed by atoms with E-state index in [0.29, 0.717) is 11.0 Å². The lowest BCUT2D eigenvalue weighted by Gasteiger charge is -2.01. The molecular weight excluding hydrogens is 366 g/mol. The van der Waals surface area contributed by atoms with Gasteiger partial charge in [0.15, 0.2) is 0 Å². The zero-order valence-electron chi connectivity index (χ0n) is 14.1. The van der Waals surface area contributed by atoms with Gasteiger partial charge in [0.05, 0.1) is 0 Å². The molecule has 2 aromatic carbocycles. The van der Waals surface area contributed by atoms with Gasteiger partial charge in [-0.05, 0) is 36.6 Å². The fraction of sp³-hybridized carbons (Fsp3) is 0.0526. The smallest absolute Gasteiger partial charge is 0.349 e. The van der Waals surface area contributed by atoms with E-state index in [1.54, 1.807) is 36.0 Å². The van der Waals surface area contributed by atoms with Gasteiger partial charge in [0.2, 0.25) is 5.89 Å². The van der Waals surface area contributed by atoms with Crippen molar-refractivity contribution in [2.24, 2.45) is 0 Å². The normalized spacial score (nSPS) is 10.9. The Hall–Kier alpha value is -3.39. The van der Waals surface area contributed by atoms with E-state index >= 15 is 0 Å². The molecule has 0 saturated heterocycles. The standard InChI is InChI=1S/C19H13N3O4S/c1-27-13-7-4-6-12(9-13)17-21-22-19(26-17)20-16(23)14-10-11-5-2-3-8-15(11)25-18(14)24/h2-10H,1H3,(H,20,22,23). The summed E-state index contributed by atoms with van der Waals surface area (Å²) in [7, 11) is 0. The number of benzene rings is 2. The monoisotopic (exact) mass is 379 g/mol. The molecule has 0 fully saturated rings. The number of hydrogen-bond donors (Lipinski definition) is 1. The Morgan fingerprint density at radius 2 is 1.89 bits per heavy atom. The highest BCUT2D eigenvalue weighted by atomic mass is 32.2. The number of carbonyl (C=O) groups is 1. The van der Waals surface area contributed by atoms with E-state index in [2.05, 4.69) is 15.5 Å². The Kier molecular flexibility index (Phi) is 4.47. The summed E-state index contributed by atoms with van der Waals surface area (Å²) >= 11 is 1.59. The van der Waals surface area contributed by atoms with Crippen LogP contribution in [-0.4, -0.2) is 22.4 Å². The van der Waals surface area contributed by atoms with Gasteiger partial charge in [0.25, 0.3) is 5.91 Å². The Morgan fingerprint density at radius 1 is 1.04 bits per heavy atom. The number of nitrogens with one attached hydrogen (secondary N) is 1. The Balaban J connectivity index is 1.59. The predicted molar refractivity (Wildman–Crippen MR) is 102 cm³/mol. The molecule has 7 nitrogen and oxygen atoms in total. The van der Waals surface area contributed by atoms with Crippen LogP contribution in [0.5, 0.6) is 0 Å². The average molecular weight is 379 g/mol. The Labute approximate surface area is 157 Å². The Morgan fingerprint density at radius 3 is 2.74 bits per heavy atom. The van der Waals surface area contributed by atoms with Crippen molar-refractivity contribution in [1.82, 2.24) is 10.2 Å². The molecule has 1 N–H and O–H groups in total. The first-order valence-electron chi connectivity index (χ1n) is 7.96. The second-order valence-corrected chi connectivity index (χ2v) is 6.46. The summed E-state index contributed by atoms with van der Waals surface area (Å²) in [5.41, 5.74) is 0.268. The molecule has 0 aliphatic heterocycles. The van der Waals surface area contributed by atoms with Gasteiger partial charge in [0.1, 0.15) is 11.1 Å². The summed E-state index contributed by atoms with van der Waals surface area (Å²) in [5, 5.41) is 10.8. The molecule has 4 aromatic rings. The van der Waals surface area contributed by atoms with Crippen LogP contribution in [0.15, 0.2) is 73.1 Å². The van der Waals surface area contributed by atoms with Gasteiger partial charge >= 0.3 is 11.6 Å². The van der Waals surface area contributed by atoms with E-state index < -0.39 is 11.5 Å². The first-order valence-corrected chi connectivity index (χ1v) is 9.19. The second-order valence-electron chi connectivity index (χ2n) is 5.58. The maximum absolute atomic E-state index is 12.4. The fourth-order valence-corrected chi connectivity index (χ4v) is 2.99. The SMILES string of the molecule is CSc1cccc(-c2nnc(NC(=O)c3cc4ccccc4oc3=O)o2)c1. The van der Waals surface area contributed by atoms with Gasteiger partial charge in [-0.25, -0.2) is 4.79 Å². The third kappa shape index (κ3) is 3.47. The lowest BCUT2D eigenvalue weighted by Crippen LogP contribution is -2.20. The van der Waals surface area contributed by atoms with E-state index in [9.17, 15) is 9.59 Å². The highest BCUT2D eigenvalue weighted by molar-refractivity contribution is 7.98. The summed E-state index contributed by atoms with van der Waals surface area (Å²) in [6.07, 6.45) is 1.97. The van der Waals surface area contributed by atoms with Gasteiger partial charge in [0, 0.05) is 15.8 Å². The molecule has 1 amide bonds. The molecule has 0 bridgehead atoms. The third-order valence-corrected chi connectivity index (χ3v) is 4.57. The van der Waals surface area contributed by atoms with Crippen LogP contribution in [0, 0.1) is 0 Å². The highest BCUT2D eigenvalue weighted by Gasteiger charge is 2.17. The van der Waals surface area contributed by atoms with Crippen LogP contribution in [0.4, 0.5) is 6.01 Å². The van der Waals surface area contributed by atoms with E-state index in [4.69, 9.17) is 8.83 Å². The van der Waals surface area contributed by atoms with Crippen LogP contribution in [0.1, 0.15) is 10.4 Å². The van der Waals surface area contributed by atoms with Gasteiger partial charge in [-0.15, -0.1) is 16.9 Å². The first kappa shape index (κ1) is 17.0. The molecule has 0 unspecified atom stereocenters. The molecule has 8 heteroatoms. The minimum Gasteiger partial charge on any atom is -0.422 e. The van der Waals surface area contributed by atoms with Crippen molar-refractivity contribution in [2.45, 2.75) is 4.90 Å². The number of nitrogens with zero attached hydrogens (tertiary/aromatic N) is 2. The fourth-order valence-electron chi connectivity index (χ4n) is 2.53. The molecule has 4 rings (SSSR count). The van der Waals surface area contributed by atoms with E-state index in [1.165, 1.54) is 6.07 Å². The number of fused-ring (bicyclic) bond motifs is 1. The van der Waals surface area contributed by atoms with Crippen LogP contribution < -0.4 is 10.9 Å². The number of hydrogen-bond acceptors (Lipinski definition) is 7. The minimum atomic E-state index is -0.737. The van der Waals surface area contributed by atoms with Crippen molar-refractivity contribution < 1.29 is 13.6 Å². The summed E-state index contributed by atoms with van der Waals surface area (Å²) < 4.78 is 10.7. The number of aromatic nitrogens is 2. The van der Waals surface area contributed by atoms with Crippen LogP contribution in [0.2, 0.25) is 0 Å². The Bertz CT molecular complexity index is 1200. The van der Waals surface area contributed by atoms with Crippen LogP contribution in [0.25, 0.3) is 22.4 Å². The molecule has 0 atom stereocenters. The molecule has 27 heavy (non-hydrogen) atoms. The molecule has 0 saturated carbocycles. The zero-order valence-corrected chi connectivity index (χ0v) is 14.9. The van der Waals surface area contributed by atoms with Gasteiger partial charge in [-0.3, -0.25) is 10.1 Å². The number of amides is 1. The lowest BCUT2D eigenvalue weighted by atomic mass is 10.2. The van der Waals surface area contributed by atoms with E-state index in [-0.39, 0.29) is 17.5 Å². The number of thioether (sulfide) groups is 1. The largest absolute Gasteiger partial charge is 0.422 e. The van der Waals surface area contributed by atoms with Crippen LogP contribution in [0.3, 0.4) is 0 Å². The molecule has 0 spiro atoms. The van der Waals surface area contributed by atoms with Crippen molar-refractivity contribution in [2.75, 3.05) is 11.6 Å². The number of anilines is 1. The summed E-state index contributed by atoms with van der Waals surface area (Å²) in [5.74, 6) is -0.408. The average Bonchev–Trinajstić information content (AvgIpc) is 3.16. The zero-order chi connectivity index (χ0) is 18.8. The number of carbonyl (C=O) groups excluding carboxylic acids is 1. The molecule has 2 aromatic heterocycles. The predicted octanol–water partition coefficient (Wildman–Crippen LogP) is 3.82. The first-order chi connectivity index (χ1) is 13.1. The van der Waals surface area contributed by atoms with E-state index in [0.717, 1.165) is 10.5 Å².